The molecule has 118 valence electrons. The maximum Gasteiger partial charge on any atom is 0.123 e. The number of ether oxygens (including phenoxy) is 2. The van der Waals surface area contributed by atoms with Crippen LogP contribution < -0.4 is 10.1 Å². The van der Waals surface area contributed by atoms with Crippen molar-refractivity contribution >= 4 is 15.9 Å². The molecule has 1 aromatic carbocycles. The summed E-state index contributed by atoms with van der Waals surface area (Å²) in [5.41, 5.74) is 1.18. The summed E-state index contributed by atoms with van der Waals surface area (Å²) < 4.78 is 12.1. The Labute approximate surface area is 135 Å². The Morgan fingerprint density at radius 2 is 2.05 bits per heavy atom. The van der Waals surface area contributed by atoms with Gasteiger partial charge in [-0.25, -0.2) is 0 Å². The minimum Gasteiger partial charge on any atom is -0.492 e. The van der Waals surface area contributed by atoms with E-state index in [4.69, 9.17) is 9.47 Å². The highest BCUT2D eigenvalue weighted by molar-refractivity contribution is 9.10. The van der Waals surface area contributed by atoms with Gasteiger partial charge >= 0.3 is 0 Å². The van der Waals surface area contributed by atoms with Gasteiger partial charge < -0.3 is 14.8 Å². The topological polar surface area (TPSA) is 33.7 Å². The number of likely N-dealkylation sites (tertiary alicyclic amines) is 1. The van der Waals surface area contributed by atoms with Gasteiger partial charge in [0.25, 0.3) is 0 Å². The number of rotatable bonds is 9. The standard InChI is InChI=1S/C16H25BrN2O2/c1-20-10-6-18-13-14-12-15(17)4-5-16(14)21-11-9-19-7-2-3-8-19/h4-5,12,18H,2-3,6-11,13H2,1H3. The van der Waals surface area contributed by atoms with E-state index in [0.29, 0.717) is 0 Å². The summed E-state index contributed by atoms with van der Waals surface area (Å²) >= 11 is 3.52. The van der Waals surface area contributed by atoms with E-state index in [9.17, 15) is 0 Å². The zero-order valence-corrected chi connectivity index (χ0v) is 14.3. The number of nitrogens with zero attached hydrogens (tertiary/aromatic N) is 1. The predicted molar refractivity (Wildman–Crippen MR) is 88.9 cm³/mol. The maximum atomic E-state index is 5.98. The van der Waals surface area contributed by atoms with Gasteiger partial charge in [0.15, 0.2) is 0 Å². The summed E-state index contributed by atoms with van der Waals surface area (Å²) in [5.74, 6) is 0.974. The maximum absolute atomic E-state index is 5.98. The van der Waals surface area contributed by atoms with E-state index in [1.54, 1.807) is 7.11 Å². The van der Waals surface area contributed by atoms with Gasteiger partial charge in [0.1, 0.15) is 12.4 Å². The molecule has 1 N–H and O–H groups in total. The van der Waals surface area contributed by atoms with E-state index in [0.717, 1.165) is 43.1 Å². The number of methoxy groups -OCH3 is 1. The van der Waals surface area contributed by atoms with Gasteiger partial charge in [0, 0.05) is 36.8 Å². The molecule has 0 radical (unpaired) electrons. The van der Waals surface area contributed by atoms with Crippen molar-refractivity contribution in [3.63, 3.8) is 0 Å². The molecule has 5 heteroatoms. The predicted octanol–water partition coefficient (Wildman–Crippen LogP) is 2.66. The van der Waals surface area contributed by atoms with Crippen LogP contribution in [0.3, 0.4) is 0 Å². The first-order valence-corrected chi connectivity index (χ1v) is 8.42. The Morgan fingerprint density at radius 3 is 2.81 bits per heavy atom. The Hall–Kier alpha value is -0.620. The molecule has 0 amide bonds. The summed E-state index contributed by atoms with van der Waals surface area (Å²) in [7, 11) is 1.72. The fourth-order valence-corrected chi connectivity index (χ4v) is 2.92. The van der Waals surface area contributed by atoms with Crippen molar-refractivity contribution in [3.05, 3.63) is 28.2 Å². The van der Waals surface area contributed by atoms with E-state index >= 15 is 0 Å². The van der Waals surface area contributed by atoms with E-state index in [2.05, 4.69) is 32.2 Å². The summed E-state index contributed by atoms with van der Waals surface area (Å²) in [6.45, 7) is 6.57. The van der Waals surface area contributed by atoms with E-state index < -0.39 is 0 Å². The lowest BCUT2D eigenvalue weighted by Gasteiger charge is -2.17. The number of halogens is 1. The highest BCUT2D eigenvalue weighted by Crippen LogP contribution is 2.23. The quantitative estimate of drug-likeness (QED) is 0.689. The molecule has 0 spiro atoms. The van der Waals surface area contributed by atoms with E-state index in [-0.39, 0.29) is 0 Å². The van der Waals surface area contributed by atoms with Crippen LogP contribution in [0.1, 0.15) is 18.4 Å². The molecule has 1 saturated heterocycles. The Morgan fingerprint density at radius 1 is 1.24 bits per heavy atom. The largest absolute Gasteiger partial charge is 0.492 e. The summed E-state index contributed by atoms with van der Waals surface area (Å²) in [5, 5.41) is 3.37. The minimum atomic E-state index is 0.721. The number of benzene rings is 1. The van der Waals surface area contributed by atoms with Gasteiger partial charge in [-0.1, -0.05) is 15.9 Å². The SMILES string of the molecule is COCCNCc1cc(Br)ccc1OCCN1CCCC1. The number of nitrogens with one attached hydrogen (secondary N) is 1. The van der Waals surface area contributed by atoms with Crippen molar-refractivity contribution in [2.45, 2.75) is 19.4 Å². The molecule has 1 aromatic rings. The first kappa shape index (κ1) is 16.7. The fourth-order valence-electron chi connectivity index (χ4n) is 2.52. The van der Waals surface area contributed by atoms with Crippen LogP contribution in [-0.2, 0) is 11.3 Å². The van der Waals surface area contributed by atoms with Crippen LogP contribution in [0.2, 0.25) is 0 Å². The zero-order valence-electron chi connectivity index (χ0n) is 12.7. The van der Waals surface area contributed by atoms with Gasteiger partial charge in [-0.3, -0.25) is 4.90 Å². The molecule has 1 fully saturated rings. The highest BCUT2D eigenvalue weighted by atomic mass is 79.9. The van der Waals surface area contributed by atoms with Crippen LogP contribution in [0.5, 0.6) is 5.75 Å². The molecule has 0 saturated carbocycles. The molecular weight excluding hydrogens is 332 g/mol. The molecule has 1 aliphatic heterocycles. The third-order valence-electron chi connectivity index (χ3n) is 3.68. The van der Waals surface area contributed by atoms with Gasteiger partial charge in [-0.15, -0.1) is 0 Å². The van der Waals surface area contributed by atoms with Crippen molar-refractivity contribution in [1.29, 1.82) is 0 Å². The third-order valence-corrected chi connectivity index (χ3v) is 4.18. The molecular formula is C16H25BrN2O2. The normalized spacial score (nSPS) is 15.5. The van der Waals surface area contributed by atoms with Crippen LogP contribution in [-0.4, -0.2) is 51.4 Å². The van der Waals surface area contributed by atoms with Gasteiger partial charge in [0.05, 0.1) is 6.61 Å². The lowest BCUT2D eigenvalue weighted by Crippen LogP contribution is -2.25. The smallest absolute Gasteiger partial charge is 0.123 e. The number of hydrogen-bond acceptors (Lipinski definition) is 4. The molecule has 4 nitrogen and oxygen atoms in total. The average Bonchev–Trinajstić information content (AvgIpc) is 2.99. The first-order valence-electron chi connectivity index (χ1n) is 7.63. The van der Waals surface area contributed by atoms with Crippen LogP contribution in [0.15, 0.2) is 22.7 Å². The second-order valence-electron chi connectivity index (χ2n) is 5.32. The summed E-state index contributed by atoms with van der Waals surface area (Å²) in [6.07, 6.45) is 2.65. The fraction of sp³-hybridized carbons (Fsp3) is 0.625. The average molecular weight is 357 g/mol. The molecule has 0 atom stereocenters. The van der Waals surface area contributed by atoms with Gasteiger partial charge in [-0.05, 0) is 44.1 Å². The molecule has 0 unspecified atom stereocenters. The first-order chi connectivity index (χ1) is 10.3. The van der Waals surface area contributed by atoms with E-state index in [1.807, 2.05) is 12.1 Å². The van der Waals surface area contributed by atoms with Crippen LogP contribution >= 0.6 is 15.9 Å². The van der Waals surface area contributed by atoms with Gasteiger partial charge in [-0.2, -0.15) is 0 Å². The van der Waals surface area contributed by atoms with Crippen molar-refractivity contribution in [2.24, 2.45) is 0 Å². The molecule has 2 rings (SSSR count). The molecule has 0 bridgehead atoms. The summed E-state index contributed by atoms with van der Waals surface area (Å²) in [4.78, 5) is 2.47. The third kappa shape index (κ3) is 5.94. The monoisotopic (exact) mass is 356 g/mol. The molecule has 1 aliphatic rings. The van der Waals surface area contributed by atoms with Crippen molar-refractivity contribution < 1.29 is 9.47 Å². The molecule has 21 heavy (non-hydrogen) atoms. The molecule has 1 heterocycles. The van der Waals surface area contributed by atoms with Crippen molar-refractivity contribution in [1.82, 2.24) is 10.2 Å². The molecule has 0 aliphatic carbocycles. The zero-order chi connectivity index (χ0) is 14.9. The van der Waals surface area contributed by atoms with Crippen LogP contribution in [0, 0.1) is 0 Å². The second kappa shape index (κ2) is 9.41. The minimum absolute atomic E-state index is 0.721. The summed E-state index contributed by atoms with van der Waals surface area (Å²) in [6, 6.07) is 6.19. The Bertz CT molecular complexity index is 423. The molecule has 0 aromatic heterocycles. The Kier molecular flexibility index (Phi) is 7.50. The van der Waals surface area contributed by atoms with Gasteiger partial charge in [0.2, 0.25) is 0 Å². The Balaban J connectivity index is 1.81. The van der Waals surface area contributed by atoms with E-state index in [1.165, 1.54) is 31.5 Å². The second-order valence-corrected chi connectivity index (χ2v) is 6.23. The van der Waals surface area contributed by atoms with Crippen LogP contribution in [0.25, 0.3) is 0 Å². The van der Waals surface area contributed by atoms with Crippen LogP contribution in [0.4, 0.5) is 0 Å². The lowest BCUT2D eigenvalue weighted by atomic mass is 10.2. The number of hydrogen-bond donors (Lipinski definition) is 1. The van der Waals surface area contributed by atoms with Crippen molar-refractivity contribution in [3.8, 4) is 5.75 Å². The lowest BCUT2D eigenvalue weighted by molar-refractivity contribution is 0.198. The van der Waals surface area contributed by atoms with Crippen molar-refractivity contribution in [2.75, 3.05) is 46.5 Å². The highest BCUT2D eigenvalue weighted by Gasteiger charge is 2.11.